The van der Waals surface area contributed by atoms with Crippen LogP contribution in [0.25, 0.3) is 0 Å². The summed E-state index contributed by atoms with van der Waals surface area (Å²) < 4.78 is 11.3. The van der Waals surface area contributed by atoms with Crippen LogP contribution in [-0.4, -0.2) is 18.3 Å². The SMILES string of the molecule is Cc1ccc(C)c(OCCOc2cccc(O)c2)c1C. The molecule has 0 unspecified atom stereocenters. The second-order valence-electron chi connectivity index (χ2n) is 4.85. The van der Waals surface area contributed by atoms with E-state index in [1.54, 1.807) is 18.2 Å². The Hall–Kier alpha value is -2.16. The van der Waals surface area contributed by atoms with E-state index in [1.807, 2.05) is 13.0 Å². The van der Waals surface area contributed by atoms with Gasteiger partial charge in [-0.25, -0.2) is 0 Å². The number of aryl methyl sites for hydroxylation is 2. The zero-order chi connectivity index (χ0) is 14.5. The Kier molecular flexibility index (Phi) is 4.51. The van der Waals surface area contributed by atoms with E-state index in [9.17, 15) is 5.11 Å². The van der Waals surface area contributed by atoms with Crippen LogP contribution in [0.1, 0.15) is 16.7 Å². The van der Waals surface area contributed by atoms with E-state index in [1.165, 1.54) is 11.1 Å². The summed E-state index contributed by atoms with van der Waals surface area (Å²) in [6.07, 6.45) is 0. The average molecular weight is 272 g/mol. The van der Waals surface area contributed by atoms with E-state index in [4.69, 9.17) is 9.47 Å². The number of aromatic hydroxyl groups is 1. The van der Waals surface area contributed by atoms with E-state index >= 15 is 0 Å². The minimum absolute atomic E-state index is 0.203. The van der Waals surface area contributed by atoms with Gasteiger partial charge in [0.05, 0.1) is 0 Å². The number of rotatable bonds is 5. The molecular weight excluding hydrogens is 252 g/mol. The maximum atomic E-state index is 9.34. The molecule has 20 heavy (non-hydrogen) atoms. The van der Waals surface area contributed by atoms with Gasteiger partial charge in [0.25, 0.3) is 0 Å². The highest BCUT2D eigenvalue weighted by molar-refractivity contribution is 5.44. The second kappa shape index (κ2) is 6.33. The van der Waals surface area contributed by atoms with Crippen molar-refractivity contribution in [3.05, 3.63) is 53.1 Å². The normalized spacial score (nSPS) is 10.3. The maximum absolute atomic E-state index is 9.34. The van der Waals surface area contributed by atoms with Gasteiger partial charge in [-0.2, -0.15) is 0 Å². The van der Waals surface area contributed by atoms with Crippen LogP contribution in [-0.2, 0) is 0 Å². The van der Waals surface area contributed by atoms with Crippen LogP contribution in [0.15, 0.2) is 36.4 Å². The fourth-order valence-corrected chi connectivity index (χ4v) is 2.02. The molecule has 2 aromatic carbocycles. The van der Waals surface area contributed by atoms with Crippen molar-refractivity contribution in [2.24, 2.45) is 0 Å². The van der Waals surface area contributed by atoms with Gasteiger partial charge in [-0.1, -0.05) is 18.2 Å². The predicted molar refractivity (Wildman–Crippen MR) is 79.7 cm³/mol. The minimum atomic E-state index is 0.203. The highest BCUT2D eigenvalue weighted by atomic mass is 16.5. The molecule has 0 heterocycles. The first-order valence-corrected chi connectivity index (χ1v) is 6.69. The van der Waals surface area contributed by atoms with Crippen LogP contribution in [0.2, 0.25) is 0 Å². The quantitative estimate of drug-likeness (QED) is 0.842. The minimum Gasteiger partial charge on any atom is -0.508 e. The number of phenols is 1. The third-order valence-electron chi connectivity index (χ3n) is 3.29. The molecule has 0 aromatic heterocycles. The van der Waals surface area contributed by atoms with Gasteiger partial charge >= 0.3 is 0 Å². The predicted octanol–water partition coefficient (Wildman–Crippen LogP) is 3.78. The van der Waals surface area contributed by atoms with Gasteiger partial charge in [-0.3, -0.25) is 0 Å². The fourth-order valence-electron chi connectivity index (χ4n) is 2.02. The summed E-state index contributed by atoms with van der Waals surface area (Å²) >= 11 is 0. The Bertz CT molecular complexity index is 591. The third-order valence-corrected chi connectivity index (χ3v) is 3.29. The molecule has 0 bridgehead atoms. The van der Waals surface area contributed by atoms with Crippen LogP contribution in [0.4, 0.5) is 0 Å². The van der Waals surface area contributed by atoms with Crippen molar-refractivity contribution < 1.29 is 14.6 Å². The molecule has 0 aliphatic rings. The van der Waals surface area contributed by atoms with Gasteiger partial charge in [-0.15, -0.1) is 0 Å². The number of hydrogen-bond donors (Lipinski definition) is 1. The van der Waals surface area contributed by atoms with Crippen LogP contribution >= 0.6 is 0 Å². The van der Waals surface area contributed by atoms with Crippen molar-refractivity contribution in [3.8, 4) is 17.2 Å². The van der Waals surface area contributed by atoms with Gasteiger partial charge < -0.3 is 14.6 Å². The summed E-state index contributed by atoms with van der Waals surface area (Å²) in [5.41, 5.74) is 3.52. The van der Waals surface area contributed by atoms with Crippen molar-refractivity contribution >= 4 is 0 Å². The first-order valence-electron chi connectivity index (χ1n) is 6.69. The summed E-state index contributed by atoms with van der Waals surface area (Å²) in [5.74, 6) is 1.78. The smallest absolute Gasteiger partial charge is 0.125 e. The molecule has 0 fully saturated rings. The number of hydrogen-bond acceptors (Lipinski definition) is 3. The fraction of sp³-hybridized carbons (Fsp3) is 0.294. The molecule has 3 heteroatoms. The molecule has 0 spiro atoms. The van der Waals surface area contributed by atoms with Gasteiger partial charge in [0.2, 0.25) is 0 Å². The second-order valence-corrected chi connectivity index (χ2v) is 4.85. The van der Waals surface area contributed by atoms with Crippen LogP contribution in [0.3, 0.4) is 0 Å². The Labute approximate surface area is 119 Å². The molecule has 0 radical (unpaired) electrons. The Balaban J connectivity index is 1.89. The first-order chi connectivity index (χ1) is 9.58. The highest BCUT2D eigenvalue weighted by Gasteiger charge is 2.06. The Morgan fingerprint density at radius 1 is 0.900 bits per heavy atom. The van der Waals surface area contributed by atoms with E-state index in [-0.39, 0.29) is 5.75 Å². The van der Waals surface area contributed by atoms with Crippen LogP contribution in [0, 0.1) is 20.8 Å². The zero-order valence-electron chi connectivity index (χ0n) is 12.1. The highest BCUT2D eigenvalue weighted by Crippen LogP contribution is 2.25. The van der Waals surface area contributed by atoms with Gasteiger partial charge in [-0.05, 0) is 49.6 Å². The van der Waals surface area contributed by atoms with Crippen LogP contribution in [0.5, 0.6) is 17.2 Å². The number of benzene rings is 2. The number of phenolic OH excluding ortho intramolecular Hbond substituents is 1. The average Bonchev–Trinajstić information content (AvgIpc) is 2.42. The van der Waals surface area contributed by atoms with Gasteiger partial charge in [0, 0.05) is 6.07 Å². The maximum Gasteiger partial charge on any atom is 0.125 e. The van der Waals surface area contributed by atoms with E-state index in [0.29, 0.717) is 19.0 Å². The standard InChI is InChI=1S/C17H20O3/c1-12-7-8-13(2)17(14(12)3)20-10-9-19-16-6-4-5-15(18)11-16/h4-8,11,18H,9-10H2,1-3H3. The summed E-state index contributed by atoms with van der Waals surface area (Å²) in [7, 11) is 0. The number of ether oxygens (including phenoxy) is 2. The summed E-state index contributed by atoms with van der Waals surface area (Å²) in [6, 6.07) is 10.9. The molecule has 0 aliphatic heterocycles. The molecular formula is C17H20O3. The molecule has 0 aliphatic carbocycles. The summed E-state index contributed by atoms with van der Waals surface area (Å²) in [4.78, 5) is 0. The summed E-state index contributed by atoms with van der Waals surface area (Å²) in [6.45, 7) is 7.09. The molecule has 0 amide bonds. The topological polar surface area (TPSA) is 38.7 Å². The lowest BCUT2D eigenvalue weighted by Gasteiger charge is -2.14. The van der Waals surface area contributed by atoms with E-state index < -0.39 is 0 Å². The Morgan fingerprint density at radius 2 is 1.60 bits per heavy atom. The summed E-state index contributed by atoms with van der Waals surface area (Å²) in [5, 5.41) is 9.34. The lowest BCUT2D eigenvalue weighted by Crippen LogP contribution is -2.10. The van der Waals surface area contributed by atoms with Crippen LogP contribution < -0.4 is 9.47 Å². The lowest BCUT2D eigenvalue weighted by atomic mass is 10.1. The van der Waals surface area contributed by atoms with E-state index in [0.717, 1.165) is 11.3 Å². The lowest BCUT2D eigenvalue weighted by molar-refractivity contribution is 0.215. The molecule has 0 saturated heterocycles. The van der Waals surface area contributed by atoms with Crippen molar-refractivity contribution in [2.75, 3.05) is 13.2 Å². The first kappa shape index (κ1) is 14.3. The van der Waals surface area contributed by atoms with Crippen molar-refractivity contribution in [2.45, 2.75) is 20.8 Å². The van der Waals surface area contributed by atoms with Crippen molar-refractivity contribution in [1.82, 2.24) is 0 Å². The Morgan fingerprint density at radius 3 is 2.35 bits per heavy atom. The van der Waals surface area contributed by atoms with Crippen molar-refractivity contribution in [1.29, 1.82) is 0 Å². The molecule has 2 aromatic rings. The molecule has 106 valence electrons. The molecule has 3 nitrogen and oxygen atoms in total. The monoisotopic (exact) mass is 272 g/mol. The van der Waals surface area contributed by atoms with E-state index in [2.05, 4.69) is 26.0 Å². The zero-order valence-corrected chi connectivity index (χ0v) is 12.1. The molecule has 0 saturated carbocycles. The largest absolute Gasteiger partial charge is 0.508 e. The van der Waals surface area contributed by atoms with Crippen molar-refractivity contribution in [3.63, 3.8) is 0 Å². The van der Waals surface area contributed by atoms with Gasteiger partial charge in [0.15, 0.2) is 0 Å². The van der Waals surface area contributed by atoms with Gasteiger partial charge in [0.1, 0.15) is 30.5 Å². The molecule has 2 rings (SSSR count). The molecule has 1 N–H and O–H groups in total. The molecule has 0 atom stereocenters. The third kappa shape index (κ3) is 3.44.